The van der Waals surface area contributed by atoms with Crippen molar-refractivity contribution in [2.75, 3.05) is 44.0 Å². The molecule has 1 aromatic heterocycles. The van der Waals surface area contributed by atoms with E-state index in [2.05, 4.69) is 69.3 Å². The zero-order chi connectivity index (χ0) is 18.8. The van der Waals surface area contributed by atoms with Gasteiger partial charge in [0.05, 0.1) is 0 Å². The van der Waals surface area contributed by atoms with Gasteiger partial charge >= 0.3 is 0 Å². The van der Waals surface area contributed by atoms with Crippen LogP contribution in [0, 0.1) is 0 Å². The quantitative estimate of drug-likeness (QED) is 0.696. The molecule has 1 aliphatic heterocycles. The Bertz CT molecular complexity index is 923. The highest BCUT2D eigenvalue weighted by atomic mass is 15.3. The summed E-state index contributed by atoms with van der Waals surface area (Å²) in [6, 6.07) is 17.7. The van der Waals surface area contributed by atoms with E-state index < -0.39 is 0 Å². The predicted molar refractivity (Wildman–Crippen MR) is 112 cm³/mol. The van der Waals surface area contributed by atoms with E-state index in [-0.39, 0.29) is 0 Å². The van der Waals surface area contributed by atoms with E-state index in [0.717, 1.165) is 37.8 Å². The summed E-state index contributed by atoms with van der Waals surface area (Å²) in [4.78, 5) is 15.9. The Kier molecular flexibility index (Phi) is 4.94. The van der Waals surface area contributed by atoms with E-state index in [4.69, 9.17) is 0 Å². The molecule has 0 amide bonds. The van der Waals surface area contributed by atoms with Crippen LogP contribution in [-0.2, 0) is 6.54 Å². The Morgan fingerprint density at radius 2 is 1.85 bits per heavy atom. The highest BCUT2D eigenvalue weighted by Crippen LogP contribution is 2.23. The number of hydrogen-bond acceptors (Lipinski definition) is 5. The van der Waals surface area contributed by atoms with E-state index in [1.165, 1.54) is 16.3 Å². The van der Waals surface area contributed by atoms with Gasteiger partial charge in [0.1, 0.15) is 5.82 Å². The van der Waals surface area contributed by atoms with E-state index in [0.29, 0.717) is 6.04 Å². The third-order valence-corrected chi connectivity index (χ3v) is 5.42. The highest BCUT2D eigenvalue weighted by molar-refractivity contribution is 5.82. The van der Waals surface area contributed by atoms with Crippen molar-refractivity contribution in [3.8, 4) is 0 Å². The van der Waals surface area contributed by atoms with Crippen molar-refractivity contribution in [3.63, 3.8) is 0 Å². The number of benzene rings is 2. The Morgan fingerprint density at radius 1 is 1.04 bits per heavy atom. The fraction of sp³-hybridized carbons (Fsp3) is 0.364. The first-order valence-electron chi connectivity index (χ1n) is 9.53. The van der Waals surface area contributed by atoms with Crippen LogP contribution in [0.15, 0.2) is 54.7 Å². The SMILES string of the molecule is CN(C)c1ccnc(N(C)C2CCN(Cc3ccc4ccccc4c3)C2)n1. The summed E-state index contributed by atoms with van der Waals surface area (Å²) in [6.07, 6.45) is 2.98. The molecule has 0 bridgehead atoms. The molecule has 4 rings (SSSR count). The molecule has 0 radical (unpaired) electrons. The number of rotatable bonds is 5. The highest BCUT2D eigenvalue weighted by Gasteiger charge is 2.27. The molecule has 0 spiro atoms. The van der Waals surface area contributed by atoms with Crippen molar-refractivity contribution in [1.82, 2.24) is 14.9 Å². The number of nitrogens with zero attached hydrogens (tertiary/aromatic N) is 5. The summed E-state index contributed by atoms with van der Waals surface area (Å²) in [7, 11) is 6.12. The fourth-order valence-electron chi connectivity index (χ4n) is 3.79. The number of likely N-dealkylation sites (N-methyl/N-ethyl adjacent to an activating group) is 1. The zero-order valence-corrected chi connectivity index (χ0v) is 16.3. The van der Waals surface area contributed by atoms with Crippen molar-refractivity contribution < 1.29 is 0 Å². The number of aromatic nitrogens is 2. The second-order valence-corrected chi connectivity index (χ2v) is 7.58. The van der Waals surface area contributed by atoms with Crippen LogP contribution in [0.5, 0.6) is 0 Å². The molecule has 1 saturated heterocycles. The molecule has 0 N–H and O–H groups in total. The van der Waals surface area contributed by atoms with Crippen LogP contribution in [-0.4, -0.2) is 55.1 Å². The maximum atomic E-state index is 4.68. The minimum absolute atomic E-state index is 0.447. The first-order valence-corrected chi connectivity index (χ1v) is 9.53. The van der Waals surface area contributed by atoms with Gasteiger partial charge in [0.2, 0.25) is 5.95 Å². The van der Waals surface area contributed by atoms with Gasteiger partial charge in [0.25, 0.3) is 0 Å². The van der Waals surface area contributed by atoms with Crippen molar-refractivity contribution in [2.45, 2.75) is 19.0 Å². The molecule has 1 aliphatic rings. The van der Waals surface area contributed by atoms with Gasteiger partial charge in [-0.25, -0.2) is 4.98 Å². The molecule has 140 valence electrons. The number of anilines is 2. The fourth-order valence-corrected chi connectivity index (χ4v) is 3.79. The molecule has 1 fully saturated rings. The minimum atomic E-state index is 0.447. The van der Waals surface area contributed by atoms with Crippen LogP contribution < -0.4 is 9.80 Å². The summed E-state index contributed by atoms with van der Waals surface area (Å²) >= 11 is 0. The van der Waals surface area contributed by atoms with Crippen LogP contribution >= 0.6 is 0 Å². The van der Waals surface area contributed by atoms with E-state index in [1.807, 2.05) is 31.3 Å². The van der Waals surface area contributed by atoms with Gasteiger partial charge in [-0.3, -0.25) is 4.90 Å². The Balaban J connectivity index is 1.42. The lowest BCUT2D eigenvalue weighted by atomic mass is 10.1. The smallest absolute Gasteiger partial charge is 0.227 e. The van der Waals surface area contributed by atoms with Crippen LogP contribution in [0.1, 0.15) is 12.0 Å². The summed E-state index contributed by atoms with van der Waals surface area (Å²) in [5.41, 5.74) is 1.38. The topological polar surface area (TPSA) is 35.5 Å². The molecule has 1 unspecified atom stereocenters. The number of likely N-dealkylation sites (tertiary alicyclic amines) is 1. The van der Waals surface area contributed by atoms with Crippen LogP contribution in [0.3, 0.4) is 0 Å². The molecule has 0 aliphatic carbocycles. The van der Waals surface area contributed by atoms with Gasteiger partial charge < -0.3 is 9.80 Å². The second kappa shape index (κ2) is 7.53. The summed E-state index contributed by atoms with van der Waals surface area (Å²) in [6.45, 7) is 3.14. The van der Waals surface area contributed by atoms with Crippen molar-refractivity contribution >= 4 is 22.5 Å². The first-order chi connectivity index (χ1) is 13.1. The van der Waals surface area contributed by atoms with Gasteiger partial charge in [-0.1, -0.05) is 36.4 Å². The molecular formula is C22H27N5. The molecular weight excluding hydrogens is 334 g/mol. The zero-order valence-electron chi connectivity index (χ0n) is 16.3. The standard InChI is InChI=1S/C22H27N5/c1-25(2)21-10-12-23-22(24-21)26(3)20-11-13-27(16-20)15-17-8-9-18-6-4-5-7-19(18)14-17/h4-10,12,14,20H,11,13,15-16H2,1-3H3. The molecule has 0 saturated carbocycles. The van der Waals surface area contributed by atoms with Crippen molar-refractivity contribution in [1.29, 1.82) is 0 Å². The van der Waals surface area contributed by atoms with Crippen LogP contribution in [0.4, 0.5) is 11.8 Å². The van der Waals surface area contributed by atoms with E-state index in [9.17, 15) is 0 Å². The van der Waals surface area contributed by atoms with Gasteiger partial charge in [-0.05, 0) is 34.9 Å². The second-order valence-electron chi connectivity index (χ2n) is 7.58. The minimum Gasteiger partial charge on any atom is -0.363 e. The average molecular weight is 361 g/mol. The lowest BCUT2D eigenvalue weighted by molar-refractivity contribution is 0.326. The maximum absolute atomic E-state index is 4.68. The normalized spacial score (nSPS) is 17.4. The predicted octanol–water partition coefficient (Wildman–Crippen LogP) is 3.41. The Hall–Kier alpha value is -2.66. The summed E-state index contributed by atoms with van der Waals surface area (Å²) < 4.78 is 0. The van der Waals surface area contributed by atoms with Crippen molar-refractivity contribution in [3.05, 3.63) is 60.3 Å². The first kappa shape index (κ1) is 17.7. The molecule has 1 atom stereocenters. The molecule has 5 heteroatoms. The average Bonchev–Trinajstić information content (AvgIpc) is 3.16. The number of fused-ring (bicyclic) bond motifs is 1. The largest absolute Gasteiger partial charge is 0.363 e. The molecule has 2 heterocycles. The van der Waals surface area contributed by atoms with Gasteiger partial charge in [-0.15, -0.1) is 0 Å². The van der Waals surface area contributed by atoms with Gasteiger partial charge in [-0.2, -0.15) is 4.98 Å². The lowest BCUT2D eigenvalue weighted by Gasteiger charge is -2.25. The molecule has 5 nitrogen and oxygen atoms in total. The van der Waals surface area contributed by atoms with Crippen LogP contribution in [0.25, 0.3) is 10.8 Å². The maximum Gasteiger partial charge on any atom is 0.227 e. The molecule has 27 heavy (non-hydrogen) atoms. The van der Waals surface area contributed by atoms with Crippen molar-refractivity contribution in [2.24, 2.45) is 0 Å². The monoisotopic (exact) mass is 361 g/mol. The van der Waals surface area contributed by atoms with E-state index in [1.54, 1.807) is 0 Å². The molecule has 3 aromatic rings. The summed E-state index contributed by atoms with van der Waals surface area (Å²) in [5, 5.41) is 2.62. The summed E-state index contributed by atoms with van der Waals surface area (Å²) in [5.74, 6) is 1.75. The van der Waals surface area contributed by atoms with Gasteiger partial charge in [0, 0.05) is 53.0 Å². The number of hydrogen-bond donors (Lipinski definition) is 0. The lowest BCUT2D eigenvalue weighted by Crippen LogP contribution is -2.35. The van der Waals surface area contributed by atoms with E-state index >= 15 is 0 Å². The Morgan fingerprint density at radius 3 is 2.67 bits per heavy atom. The van der Waals surface area contributed by atoms with Crippen LogP contribution in [0.2, 0.25) is 0 Å². The van der Waals surface area contributed by atoms with Gasteiger partial charge in [0.15, 0.2) is 0 Å². The molecule has 2 aromatic carbocycles. The third kappa shape index (κ3) is 3.88. The Labute approximate surface area is 161 Å². The third-order valence-electron chi connectivity index (χ3n) is 5.42.